The average molecular weight is 353 g/mol. The molecule has 0 saturated heterocycles. The Morgan fingerprint density at radius 1 is 0.654 bits per heavy atom. The molecule has 3 fully saturated rings. The molecule has 0 nitrogen and oxygen atoms in total. The molecule has 0 heteroatoms. The summed E-state index contributed by atoms with van der Waals surface area (Å²) in [4.78, 5) is 0. The molecule has 0 amide bonds. The lowest BCUT2D eigenvalue weighted by Crippen LogP contribution is -2.34. The van der Waals surface area contributed by atoms with Crippen LogP contribution in [0.25, 0.3) is 0 Å². The van der Waals surface area contributed by atoms with E-state index in [9.17, 15) is 0 Å². The minimum Gasteiger partial charge on any atom is -0.0561 e. The lowest BCUT2D eigenvalue weighted by Gasteiger charge is -2.43. The van der Waals surface area contributed by atoms with Crippen LogP contribution in [0.15, 0.2) is 18.2 Å². The second-order valence-corrected chi connectivity index (χ2v) is 11.8. The maximum Gasteiger partial charge on any atom is -0.00998 e. The van der Waals surface area contributed by atoms with Crippen molar-refractivity contribution in [3.63, 3.8) is 0 Å². The summed E-state index contributed by atoms with van der Waals surface area (Å²) < 4.78 is 0. The van der Waals surface area contributed by atoms with Gasteiger partial charge in [0.15, 0.2) is 0 Å². The SMILES string of the molecule is CC(C)(C)c1cc(C2C3CCCC3CC3CCCC32)cc(C(C)(C)C)c1. The molecule has 0 spiro atoms. The Labute approximate surface area is 162 Å². The predicted molar refractivity (Wildman–Crippen MR) is 113 cm³/mol. The summed E-state index contributed by atoms with van der Waals surface area (Å²) in [7, 11) is 0. The Balaban J connectivity index is 1.82. The maximum atomic E-state index is 2.62. The van der Waals surface area contributed by atoms with Gasteiger partial charge in [-0.15, -0.1) is 0 Å². The van der Waals surface area contributed by atoms with E-state index in [2.05, 4.69) is 59.7 Å². The quantitative estimate of drug-likeness (QED) is 0.488. The molecule has 0 aromatic heterocycles. The number of rotatable bonds is 1. The molecule has 4 unspecified atom stereocenters. The second kappa shape index (κ2) is 6.39. The van der Waals surface area contributed by atoms with E-state index in [0.29, 0.717) is 0 Å². The first-order valence-electron chi connectivity index (χ1n) is 11.3. The van der Waals surface area contributed by atoms with Crippen LogP contribution in [0.3, 0.4) is 0 Å². The highest BCUT2D eigenvalue weighted by molar-refractivity contribution is 5.40. The van der Waals surface area contributed by atoms with Gasteiger partial charge in [0.2, 0.25) is 0 Å². The Hall–Kier alpha value is -0.780. The molecule has 0 aliphatic heterocycles. The molecule has 4 rings (SSSR count). The van der Waals surface area contributed by atoms with Gasteiger partial charge < -0.3 is 0 Å². The van der Waals surface area contributed by atoms with Gasteiger partial charge in [-0.3, -0.25) is 0 Å². The molecule has 0 heterocycles. The topological polar surface area (TPSA) is 0 Å². The second-order valence-electron chi connectivity index (χ2n) is 11.8. The number of hydrogen-bond donors (Lipinski definition) is 0. The zero-order chi connectivity index (χ0) is 18.7. The van der Waals surface area contributed by atoms with Crippen molar-refractivity contribution in [3.05, 3.63) is 34.9 Å². The van der Waals surface area contributed by atoms with E-state index in [0.717, 1.165) is 29.6 Å². The zero-order valence-corrected chi connectivity index (χ0v) is 18.1. The van der Waals surface area contributed by atoms with Gasteiger partial charge >= 0.3 is 0 Å². The molecule has 4 atom stereocenters. The van der Waals surface area contributed by atoms with Gasteiger partial charge in [-0.1, -0.05) is 85.4 Å². The lowest BCUT2D eigenvalue weighted by atomic mass is 9.61. The van der Waals surface area contributed by atoms with Crippen LogP contribution in [0.4, 0.5) is 0 Å². The van der Waals surface area contributed by atoms with Crippen LogP contribution in [-0.4, -0.2) is 0 Å². The largest absolute Gasteiger partial charge is 0.0561 e. The van der Waals surface area contributed by atoms with E-state index in [4.69, 9.17) is 0 Å². The fourth-order valence-corrected chi connectivity index (χ4v) is 6.57. The van der Waals surface area contributed by atoms with Crippen LogP contribution < -0.4 is 0 Å². The molecule has 3 aliphatic rings. The van der Waals surface area contributed by atoms with Gasteiger partial charge in [-0.25, -0.2) is 0 Å². The zero-order valence-electron chi connectivity index (χ0n) is 18.1. The van der Waals surface area contributed by atoms with Crippen LogP contribution in [0.5, 0.6) is 0 Å². The molecule has 0 N–H and O–H groups in total. The van der Waals surface area contributed by atoms with E-state index < -0.39 is 0 Å². The van der Waals surface area contributed by atoms with Gasteiger partial charge in [0.1, 0.15) is 0 Å². The Morgan fingerprint density at radius 2 is 1.12 bits per heavy atom. The van der Waals surface area contributed by atoms with Gasteiger partial charge in [0.05, 0.1) is 0 Å². The van der Waals surface area contributed by atoms with Crippen LogP contribution >= 0.6 is 0 Å². The van der Waals surface area contributed by atoms with E-state index in [1.54, 1.807) is 23.1 Å². The summed E-state index contributed by atoms with van der Waals surface area (Å²) in [5.74, 6) is 4.83. The third-order valence-corrected chi connectivity index (χ3v) is 8.04. The van der Waals surface area contributed by atoms with E-state index >= 15 is 0 Å². The van der Waals surface area contributed by atoms with E-state index in [1.165, 1.54) is 38.5 Å². The summed E-state index contributed by atoms with van der Waals surface area (Å²) in [5, 5.41) is 0. The predicted octanol–water partition coefficient (Wildman–Crippen LogP) is 7.60. The minimum absolute atomic E-state index is 0.231. The summed E-state index contributed by atoms with van der Waals surface area (Å²) in [6.45, 7) is 14.3. The average Bonchev–Trinajstić information content (AvgIpc) is 3.18. The van der Waals surface area contributed by atoms with Crippen molar-refractivity contribution in [2.45, 2.75) is 103 Å². The molecule has 3 aliphatic carbocycles. The lowest BCUT2D eigenvalue weighted by molar-refractivity contribution is 0.122. The van der Waals surface area contributed by atoms with Crippen molar-refractivity contribution in [1.29, 1.82) is 0 Å². The Kier molecular flexibility index (Phi) is 4.56. The molecule has 26 heavy (non-hydrogen) atoms. The Morgan fingerprint density at radius 3 is 1.54 bits per heavy atom. The summed E-state index contributed by atoms with van der Waals surface area (Å²) in [6.07, 6.45) is 10.5. The normalized spacial score (nSPS) is 34.6. The maximum absolute atomic E-state index is 2.62. The highest BCUT2D eigenvalue weighted by Gasteiger charge is 2.48. The van der Waals surface area contributed by atoms with Crippen LogP contribution in [0, 0.1) is 23.7 Å². The van der Waals surface area contributed by atoms with E-state index in [1.807, 2.05) is 0 Å². The van der Waals surface area contributed by atoms with Gasteiger partial charge in [0, 0.05) is 0 Å². The van der Waals surface area contributed by atoms with Crippen LogP contribution in [0.1, 0.15) is 109 Å². The molecule has 0 bridgehead atoms. The molecule has 1 aromatic rings. The summed E-state index contributed by atoms with van der Waals surface area (Å²) in [5.41, 5.74) is 5.27. The Bertz CT molecular complexity index is 601. The standard InChI is InChI=1S/C26H40/c1-25(2,3)20-14-19(15-21(16-20)26(4,5)6)24-22-11-7-9-17(22)13-18-10-8-12-23(18)24/h14-18,22-24H,7-13H2,1-6H3. The van der Waals surface area contributed by atoms with Crippen LogP contribution in [0.2, 0.25) is 0 Å². The van der Waals surface area contributed by atoms with Gasteiger partial charge in [-0.2, -0.15) is 0 Å². The first kappa shape index (κ1) is 18.6. The highest BCUT2D eigenvalue weighted by Crippen LogP contribution is 2.59. The number of hydrogen-bond acceptors (Lipinski definition) is 0. The molecule has 3 saturated carbocycles. The fraction of sp³-hybridized carbons (Fsp3) is 0.769. The van der Waals surface area contributed by atoms with Gasteiger partial charge in [0.25, 0.3) is 0 Å². The monoisotopic (exact) mass is 352 g/mol. The van der Waals surface area contributed by atoms with Crippen molar-refractivity contribution in [2.75, 3.05) is 0 Å². The third kappa shape index (κ3) is 3.27. The first-order valence-corrected chi connectivity index (χ1v) is 11.3. The highest BCUT2D eigenvalue weighted by atomic mass is 14.5. The van der Waals surface area contributed by atoms with Crippen molar-refractivity contribution in [2.24, 2.45) is 23.7 Å². The minimum atomic E-state index is 0.231. The van der Waals surface area contributed by atoms with Crippen molar-refractivity contribution >= 4 is 0 Å². The van der Waals surface area contributed by atoms with Gasteiger partial charge in [-0.05, 0) is 76.4 Å². The third-order valence-electron chi connectivity index (χ3n) is 8.04. The molecule has 1 aromatic carbocycles. The van der Waals surface area contributed by atoms with Crippen LogP contribution in [-0.2, 0) is 10.8 Å². The summed E-state index contributed by atoms with van der Waals surface area (Å²) >= 11 is 0. The first-order chi connectivity index (χ1) is 12.1. The molecular formula is C26H40. The smallest absolute Gasteiger partial charge is 0.00998 e. The van der Waals surface area contributed by atoms with Crippen molar-refractivity contribution in [3.8, 4) is 0 Å². The molecule has 0 radical (unpaired) electrons. The molecule has 144 valence electrons. The fourth-order valence-electron chi connectivity index (χ4n) is 6.57. The molecular weight excluding hydrogens is 312 g/mol. The van der Waals surface area contributed by atoms with Crippen molar-refractivity contribution < 1.29 is 0 Å². The van der Waals surface area contributed by atoms with Crippen molar-refractivity contribution in [1.82, 2.24) is 0 Å². The summed E-state index contributed by atoms with van der Waals surface area (Å²) in [6, 6.07) is 7.75. The van der Waals surface area contributed by atoms with E-state index in [-0.39, 0.29) is 10.8 Å². The number of benzene rings is 1. The number of fused-ring (bicyclic) bond motifs is 2.